The van der Waals surface area contributed by atoms with Crippen LogP contribution >= 0.6 is 9.24 Å². The molecule has 1 heterocycles. The molecule has 0 spiro atoms. The first-order valence-electron chi connectivity index (χ1n) is 9.29. The summed E-state index contributed by atoms with van der Waals surface area (Å²) in [5.74, 6) is -0.310. The van der Waals surface area contributed by atoms with Crippen molar-refractivity contribution in [2.24, 2.45) is 5.10 Å². The molecule has 156 valence electrons. The van der Waals surface area contributed by atoms with Gasteiger partial charge in [-0.05, 0) is 31.2 Å². The van der Waals surface area contributed by atoms with E-state index in [0.717, 1.165) is 10.6 Å². The topological polar surface area (TPSA) is 105 Å². The normalized spacial score (nSPS) is 12.0. The number of hydrogen-bond acceptors (Lipinski definition) is 6. The van der Waals surface area contributed by atoms with E-state index < -0.39 is 5.66 Å². The fourth-order valence-corrected chi connectivity index (χ4v) is 2.88. The molecule has 0 aliphatic rings. The number of aromatic nitrogens is 2. The maximum absolute atomic E-state index is 12.7. The number of nitrogens with one attached hydrogen (secondary N) is 1. The number of amides is 2. The van der Waals surface area contributed by atoms with Crippen LogP contribution in [0.1, 0.15) is 17.3 Å². The van der Waals surface area contributed by atoms with Crippen molar-refractivity contribution in [1.82, 2.24) is 9.97 Å². The largest absolute Gasteiger partial charge is 0.325 e. The van der Waals surface area contributed by atoms with Crippen LogP contribution in [0.2, 0.25) is 0 Å². The second-order valence-corrected chi connectivity index (χ2v) is 7.21. The monoisotopic (exact) mass is 433 g/mol. The zero-order valence-electron chi connectivity index (χ0n) is 16.7. The standard InChI is InChI=1S/C22H20N5O3P/c1-15(26-27(14-29)19-7-2-4-16(10-19)13-28)21(31)22(30)25-18-6-3-5-17(11-18)20-12-23-8-9-24-20/h2-14,21H,31H2,1H3,(H,25,30)/b26-15-. The molecular formula is C22H20N5O3P. The van der Waals surface area contributed by atoms with E-state index in [4.69, 9.17) is 0 Å². The van der Waals surface area contributed by atoms with E-state index in [1.807, 2.05) is 12.1 Å². The molecule has 31 heavy (non-hydrogen) atoms. The number of carbonyl (C=O) groups is 3. The van der Waals surface area contributed by atoms with Crippen LogP contribution in [0.3, 0.4) is 0 Å². The Morgan fingerprint density at radius 3 is 2.68 bits per heavy atom. The van der Waals surface area contributed by atoms with Crippen molar-refractivity contribution in [2.75, 3.05) is 10.3 Å². The first-order chi connectivity index (χ1) is 15.0. The summed E-state index contributed by atoms with van der Waals surface area (Å²) in [5.41, 5.74) is 2.66. The Labute approximate surface area is 181 Å². The number of rotatable bonds is 8. The maximum Gasteiger partial charge on any atom is 0.237 e. The highest BCUT2D eigenvalue weighted by atomic mass is 31.0. The Balaban J connectivity index is 1.74. The first-order valence-corrected chi connectivity index (χ1v) is 9.96. The van der Waals surface area contributed by atoms with Gasteiger partial charge in [0.25, 0.3) is 0 Å². The minimum absolute atomic E-state index is 0.310. The molecule has 0 bridgehead atoms. The summed E-state index contributed by atoms with van der Waals surface area (Å²) in [7, 11) is 2.42. The Morgan fingerprint density at radius 1 is 1.16 bits per heavy atom. The molecule has 2 amide bonds. The van der Waals surface area contributed by atoms with Crippen molar-refractivity contribution in [3.63, 3.8) is 0 Å². The van der Waals surface area contributed by atoms with Crippen LogP contribution in [0.5, 0.6) is 0 Å². The quantitative estimate of drug-likeness (QED) is 0.254. The van der Waals surface area contributed by atoms with E-state index >= 15 is 0 Å². The van der Waals surface area contributed by atoms with Crippen LogP contribution < -0.4 is 10.3 Å². The third kappa shape index (κ3) is 5.65. The Hall–Kier alpha value is -3.77. The van der Waals surface area contributed by atoms with Gasteiger partial charge in [-0.2, -0.15) is 5.10 Å². The van der Waals surface area contributed by atoms with Crippen molar-refractivity contribution < 1.29 is 14.4 Å². The van der Waals surface area contributed by atoms with E-state index in [1.165, 1.54) is 6.07 Å². The molecule has 3 rings (SSSR count). The summed E-state index contributed by atoms with van der Waals surface area (Å²) in [4.78, 5) is 43.5. The van der Waals surface area contributed by atoms with Gasteiger partial charge in [0.05, 0.1) is 28.9 Å². The van der Waals surface area contributed by atoms with Gasteiger partial charge in [0.2, 0.25) is 12.3 Å². The zero-order valence-corrected chi connectivity index (χ0v) is 17.8. The van der Waals surface area contributed by atoms with Gasteiger partial charge in [0.1, 0.15) is 6.29 Å². The fourth-order valence-electron chi connectivity index (χ4n) is 2.73. The lowest BCUT2D eigenvalue weighted by molar-refractivity contribution is -0.114. The summed E-state index contributed by atoms with van der Waals surface area (Å²) < 4.78 is 0. The molecule has 0 saturated carbocycles. The van der Waals surface area contributed by atoms with Crippen LogP contribution in [0.4, 0.5) is 11.4 Å². The molecule has 2 unspecified atom stereocenters. The number of benzene rings is 2. The highest BCUT2D eigenvalue weighted by Crippen LogP contribution is 2.21. The minimum Gasteiger partial charge on any atom is -0.325 e. The van der Waals surface area contributed by atoms with Gasteiger partial charge in [0.15, 0.2) is 0 Å². The lowest BCUT2D eigenvalue weighted by atomic mass is 10.1. The van der Waals surface area contributed by atoms with Crippen LogP contribution in [0.25, 0.3) is 11.3 Å². The van der Waals surface area contributed by atoms with Gasteiger partial charge in [-0.1, -0.05) is 24.3 Å². The van der Waals surface area contributed by atoms with Gasteiger partial charge in [-0.15, -0.1) is 9.24 Å². The Morgan fingerprint density at radius 2 is 1.97 bits per heavy atom. The average Bonchev–Trinajstić information content (AvgIpc) is 2.82. The fraction of sp³-hybridized carbons (Fsp3) is 0.0909. The van der Waals surface area contributed by atoms with Gasteiger partial charge in [0, 0.05) is 29.2 Å². The summed E-state index contributed by atoms with van der Waals surface area (Å²) in [5, 5.41) is 8.16. The molecule has 0 aliphatic heterocycles. The smallest absolute Gasteiger partial charge is 0.237 e. The predicted octanol–water partition coefficient (Wildman–Crippen LogP) is 3.18. The molecule has 0 saturated heterocycles. The van der Waals surface area contributed by atoms with Crippen molar-refractivity contribution in [2.45, 2.75) is 12.6 Å². The van der Waals surface area contributed by atoms with Crippen LogP contribution in [0.15, 0.2) is 72.2 Å². The summed E-state index contributed by atoms with van der Waals surface area (Å²) >= 11 is 0. The van der Waals surface area contributed by atoms with Gasteiger partial charge in [-0.25, -0.2) is 5.01 Å². The van der Waals surface area contributed by atoms with Crippen molar-refractivity contribution in [3.05, 3.63) is 72.7 Å². The number of hydrazone groups is 1. The molecule has 0 fully saturated rings. The second-order valence-electron chi connectivity index (χ2n) is 6.54. The summed E-state index contributed by atoms with van der Waals surface area (Å²) in [6, 6.07) is 13.7. The van der Waals surface area contributed by atoms with Gasteiger partial charge < -0.3 is 5.32 Å². The predicted molar refractivity (Wildman–Crippen MR) is 123 cm³/mol. The summed E-state index contributed by atoms with van der Waals surface area (Å²) in [6.45, 7) is 1.65. The summed E-state index contributed by atoms with van der Waals surface area (Å²) in [6.07, 6.45) is 6.04. The lowest BCUT2D eigenvalue weighted by Crippen LogP contribution is -2.30. The van der Waals surface area contributed by atoms with Gasteiger partial charge >= 0.3 is 0 Å². The molecule has 3 aromatic rings. The number of hydrogen-bond donors (Lipinski definition) is 1. The third-order valence-corrected chi connectivity index (χ3v) is 5.14. The number of nitrogens with zero attached hydrogens (tertiary/aromatic N) is 4. The molecule has 9 heteroatoms. The van der Waals surface area contributed by atoms with E-state index in [1.54, 1.807) is 55.8 Å². The number of anilines is 2. The van der Waals surface area contributed by atoms with Crippen molar-refractivity contribution in [1.29, 1.82) is 0 Å². The zero-order chi connectivity index (χ0) is 22.2. The minimum atomic E-state index is -0.683. The van der Waals surface area contributed by atoms with Crippen molar-refractivity contribution >= 4 is 44.9 Å². The first kappa shape index (κ1) is 21.9. The molecule has 1 aromatic heterocycles. The number of carbonyl (C=O) groups excluding carboxylic acids is 3. The molecule has 0 aliphatic carbocycles. The molecule has 0 radical (unpaired) electrons. The van der Waals surface area contributed by atoms with Crippen LogP contribution in [-0.2, 0) is 9.59 Å². The van der Waals surface area contributed by atoms with E-state index in [0.29, 0.717) is 41.0 Å². The molecule has 2 atom stereocenters. The van der Waals surface area contributed by atoms with Gasteiger partial charge in [-0.3, -0.25) is 24.4 Å². The van der Waals surface area contributed by atoms with E-state index in [9.17, 15) is 14.4 Å². The highest BCUT2D eigenvalue weighted by molar-refractivity contribution is 7.21. The Kier molecular flexibility index (Phi) is 7.30. The second kappa shape index (κ2) is 10.3. The maximum atomic E-state index is 12.7. The average molecular weight is 433 g/mol. The molecule has 2 aromatic carbocycles. The SMILES string of the molecule is C/C(=N/N(C=O)c1cccc(C=O)c1)C(P)C(=O)Nc1cccc(-c2cnccn2)c1. The highest BCUT2D eigenvalue weighted by Gasteiger charge is 2.18. The third-order valence-electron chi connectivity index (χ3n) is 4.36. The number of aldehydes is 1. The lowest BCUT2D eigenvalue weighted by Gasteiger charge is -2.17. The molecular weight excluding hydrogens is 413 g/mol. The molecule has 1 N–H and O–H groups in total. The van der Waals surface area contributed by atoms with Crippen LogP contribution in [0, 0.1) is 0 Å². The van der Waals surface area contributed by atoms with Crippen molar-refractivity contribution in [3.8, 4) is 11.3 Å². The van der Waals surface area contributed by atoms with Crippen LogP contribution in [-0.4, -0.2) is 39.9 Å². The van der Waals surface area contributed by atoms with E-state index in [2.05, 4.69) is 29.6 Å². The van der Waals surface area contributed by atoms with E-state index in [-0.39, 0.29) is 5.91 Å². The molecule has 8 nitrogen and oxygen atoms in total. The Bertz CT molecular complexity index is 1120.